The number of hydrogen-bond acceptors (Lipinski definition) is 3. The van der Waals surface area contributed by atoms with Gasteiger partial charge in [0.2, 0.25) is 0 Å². The smallest absolute Gasteiger partial charge is 0.0992 e. The third-order valence-corrected chi connectivity index (χ3v) is 3.52. The van der Waals surface area contributed by atoms with Crippen LogP contribution in [-0.2, 0) is 0 Å². The Balaban J connectivity index is 2.42. The first-order valence-corrected chi connectivity index (χ1v) is 6.94. The van der Waals surface area contributed by atoms with E-state index in [4.69, 9.17) is 10.5 Å². The molecule has 0 fully saturated rings. The van der Waals surface area contributed by atoms with Gasteiger partial charge in [-0.25, -0.2) is 0 Å². The number of rotatable bonds is 4. The lowest BCUT2D eigenvalue weighted by Gasteiger charge is -2.25. The molecule has 98 valence electrons. The highest BCUT2D eigenvalue weighted by Crippen LogP contribution is 2.32. The molecule has 2 rings (SSSR count). The number of halogens is 1. The zero-order valence-electron chi connectivity index (χ0n) is 10.8. The lowest BCUT2D eigenvalue weighted by atomic mass is 10.2. The van der Waals surface area contributed by atoms with Crippen LogP contribution in [0.2, 0.25) is 0 Å². The maximum absolute atomic E-state index is 8.92. The summed E-state index contributed by atoms with van der Waals surface area (Å²) in [6.07, 6.45) is 0.432. The molecule has 0 saturated carbocycles. The molecule has 0 bridgehead atoms. The summed E-state index contributed by atoms with van der Waals surface area (Å²) >= 11 is 3.50. The van der Waals surface area contributed by atoms with Gasteiger partial charge in [-0.05, 0) is 46.3 Å². The van der Waals surface area contributed by atoms with E-state index < -0.39 is 0 Å². The molecule has 0 radical (unpaired) electrons. The summed E-state index contributed by atoms with van der Waals surface area (Å²) in [5.74, 6) is 0. The fourth-order valence-corrected chi connectivity index (χ4v) is 2.55. The molecular formula is C16H12BrN3. The van der Waals surface area contributed by atoms with Crippen molar-refractivity contribution in [2.24, 2.45) is 0 Å². The van der Waals surface area contributed by atoms with E-state index in [-0.39, 0.29) is 0 Å². The SMILES string of the molecule is N#CCCN(c1ccccc1)c1ccc(C#N)cc1Br. The molecule has 3 nitrogen and oxygen atoms in total. The Morgan fingerprint density at radius 3 is 2.40 bits per heavy atom. The molecule has 0 aliphatic heterocycles. The van der Waals surface area contributed by atoms with Crippen LogP contribution in [0.15, 0.2) is 53.0 Å². The van der Waals surface area contributed by atoms with E-state index >= 15 is 0 Å². The lowest BCUT2D eigenvalue weighted by molar-refractivity contribution is 0.945. The van der Waals surface area contributed by atoms with E-state index in [9.17, 15) is 0 Å². The van der Waals surface area contributed by atoms with Gasteiger partial charge in [0, 0.05) is 16.7 Å². The fourth-order valence-electron chi connectivity index (χ4n) is 1.95. The van der Waals surface area contributed by atoms with E-state index in [0.717, 1.165) is 15.8 Å². The first kappa shape index (κ1) is 14.1. The van der Waals surface area contributed by atoms with Gasteiger partial charge < -0.3 is 4.90 Å². The second kappa shape index (κ2) is 6.75. The van der Waals surface area contributed by atoms with Crippen LogP contribution in [0.5, 0.6) is 0 Å². The third kappa shape index (κ3) is 3.17. The van der Waals surface area contributed by atoms with Gasteiger partial charge in [-0.2, -0.15) is 10.5 Å². The third-order valence-electron chi connectivity index (χ3n) is 2.88. The van der Waals surface area contributed by atoms with Crippen LogP contribution in [0.1, 0.15) is 12.0 Å². The van der Waals surface area contributed by atoms with Gasteiger partial charge in [-0.1, -0.05) is 18.2 Å². The van der Waals surface area contributed by atoms with E-state index in [1.807, 2.05) is 36.4 Å². The molecule has 0 aliphatic rings. The monoisotopic (exact) mass is 325 g/mol. The van der Waals surface area contributed by atoms with Crippen LogP contribution in [0.25, 0.3) is 0 Å². The highest BCUT2D eigenvalue weighted by molar-refractivity contribution is 9.10. The molecule has 4 heteroatoms. The average Bonchev–Trinajstić information content (AvgIpc) is 2.50. The number of nitrogens with zero attached hydrogens (tertiary/aromatic N) is 3. The van der Waals surface area contributed by atoms with Crippen molar-refractivity contribution in [1.82, 2.24) is 0 Å². The van der Waals surface area contributed by atoms with Crippen molar-refractivity contribution >= 4 is 27.3 Å². The quantitative estimate of drug-likeness (QED) is 0.838. The van der Waals surface area contributed by atoms with Crippen LogP contribution in [0.3, 0.4) is 0 Å². The van der Waals surface area contributed by atoms with Crippen LogP contribution < -0.4 is 4.90 Å². The second-order valence-corrected chi connectivity index (χ2v) is 5.03. The molecule has 0 atom stereocenters. The fraction of sp³-hybridized carbons (Fsp3) is 0.125. The maximum Gasteiger partial charge on any atom is 0.0992 e. The zero-order valence-corrected chi connectivity index (χ0v) is 12.3. The van der Waals surface area contributed by atoms with Crippen molar-refractivity contribution in [2.75, 3.05) is 11.4 Å². The van der Waals surface area contributed by atoms with E-state index in [1.54, 1.807) is 12.1 Å². The number of hydrogen-bond donors (Lipinski definition) is 0. The number of nitriles is 2. The predicted octanol–water partition coefficient (Wildman–Crippen LogP) is 4.37. The van der Waals surface area contributed by atoms with Crippen molar-refractivity contribution in [3.05, 3.63) is 58.6 Å². The summed E-state index contributed by atoms with van der Waals surface area (Å²) in [5.41, 5.74) is 2.58. The minimum absolute atomic E-state index is 0.432. The van der Waals surface area contributed by atoms with E-state index in [1.165, 1.54) is 0 Å². The maximum atomic E-state index is 8.92. The van der Waals surface area contributed by atoms with Crippen LogP contribution in [0, 0.1) is 22.7 Å². The molecule has 2 aromatic carbocycles. The van der Waals surface area contributed by atoms with Gasteiger partial charge in [0.05, 0.1) is 29.8 Å². The van der Waals surface area contributed by atoms with Crippen molar-refractivity contribution in [2.45, 2.75) is 6.42 Å². The summed E-state index contributed by atoms with van der Waals surface area (Å²) in [7, 11) is 0. The molecule has 20 heavy (non-hydrogen) atoms. The van der Waals surface area contributed by atoms with Crippen molar-refractivity contribution in [3.8, 4) is 12.1 Å². The molecule has 0 aromatic heterocycles. The number of para-hydroxylation sites is 1. The Labute approximate surface area is 126 Å². The molecule has 0 N–H and O–H groups in total. The largest absolute Gasteiger partial charge is 0.340 e. The zero-order chi connectivity index (χ0) is 14.4. The molecular weight excluding hydrogens is 314 g/mol. The summed E-state index contributed by atoms with van der Waals surface area (Å²) in [5, 5.41) is 17.8. The second-order valence-electron chi connectivity index (χ2n) is 4.17. The molecule has 0 unspecified atom stereocenters. The summed E-state index contributed by atoms with van der Waals surface area (Å²) in [6, 6.07) is 19.6. The van der Waals surface area contributed by atoms with Gasteiger partial charge in [-0.3, -0.25) is 0 Å². The minimum atomic E-state index is 0.432. The van der Waals surface area contributed by atoms with Gasteiger partial charge in [0.1, 0.15) is 0 Å². The Morgan fingerprint density at radius 2 is 1.80 bits per heavy atom. The molecule has 2 aromatic rings. The van der Waals surface area contributed by atoms with Gasteiger partial charge in [0.25, 0.3) is 0 Å². The molecule has 0 spiro atoms. The van der Waals surface area contributed by atoms with Crippen LogP contribution in [0.4, 0.5) is 11.4 Å². The van der Waals surface area contributed by atoms with Crippen LogP contribution in [-0.4, -0.2) is 6.54 Å². The van der Waals surface area contributed by atoms with Crippen molar-refractivity contribution in [3.63, 3.8) is 0 Å². The molecule has 0 amide bonds. The summed E-state index contributed by atoms with van der Waals surface area (Å²) in [4.78, 5) is 2.06. The number of anilines is 2. The first-order chi connectivity index (χ1) is 9.76. The van der Waals surface area contributed by atoms with Gasteiger partial charge in [0.15, 0.2) is 0 Å². The minimum Gasteiger partial charge on any atom is -0.340 e. The first-order valence-electron chi connectivity index (χ1n) is 6.15. The average molecular weight is 326 g/mol. The summed E-state index contributed by atoms with van der Waals surface area (Å²) in [6.45, 7) is 0.602. The van der Waals surface area contributed by atoms with E-state index in [0.29, 0.717) is 18.5 Å². The molecule has 0 heterocycles. The highest BCUT2D eigenvalue weighted by atomic mass is 79.9. The highest BCUT2D eigenvalue weighted by Gasteiger charge is 2.12. The van der Waals surface area contributed by atoms with Crippen LogP contribution >= 0.6 is 15.9 Å². The van der Waals surface area contributed by atoms with Crippen molar-refractivity contribution < 1.29 is 0 Å². The predicted molar refractivity (Wildman–Crippen MR) is 82.5 cm³/mol. The normalized spacial score (nSPS) is 9.55. The standard InChI is InChI=1S/C16H12BrN3/c17-15-11-13(12-19)7-8-16(15)20(10-4-9-18)14-5-2-1-3-6-14/h1-3,5-8,11H,4,10H2. The van der Waals surface area contributed by atoms with E-state index in [2.05, 4.69) is 33.0 Å². The van der Waals surface area contributed by atoms with Gasteiger partial charge in [-0.15, -0.1) is 0 Å². The number of benzene rings is 2. The molecule has 0 saturated heterocycles. The Kier molecular flexibility index (Phi) is 4.76. The summed E-state index contributed by atoms with van der Waals surface area (Å²) < 4.78 is 0.846. The lowest BCUT2D eigenvalue weighted by Crippen LogP contribution is -2.18. The molecule has 0 aliphatic carbocycles. The van der Waals surface area contributed by atoms with Gasteiger partial charge >= 0.3 is 0 Å². The Bertz CT molecular complexity index is 668. The van der Waals surface area contributed by atoms with Crippen molar-refractivity contribution in [1.29, 1.82) is 10.5 Å². The Hall–Kier alpha value is -2.30. The topological polar surface area (TPSA) is 50.8 Å². The Morgan fingerprint density at radius 1 is 1.05 bits per heavy atom.